The average Bonchev–Trinajstić information content (AvgIpc) is 2.32. The molecule has 0 unspecified atom stereocenters. The molecule has 1 aromatic heterocycles. The zero-order chi connectivity index (χ0) is 12.4. The Morgan fingerprint density at radius 3 is 2.65 bits per heavy atom. The Kier molecular flexibility index (Phi) is 3.04. The van der Waals surface area contributed by atoms with Gasteiger partial charge in [0.1, 0.15) is 17.5 Å². The van der Waals surface area contributed by atoms with E-state index in [0.717, 1.165) is 5.56 Å². The number of halogens is 1. The van der Waals surface area contributed by atoms with Gasteiger partial charge in [0.2, 0.25) is 0 Å². The van der Waals surface area contributed by atoms with Crippen molar-refractivity contribution in [1.82, 2.24) is 9.97 Å². The van der Waals surface area contributed by atoms with E-state index in [4.69, 9.17) is 5.73 Å². The molecular weight excluding hydrogens is 217 g/mol. The highest BCUT2D eigenvalue weighted by Crippen LogP contribution is 2.21. The number of hydrogen-bond donors (Lipinski definition) is 1. The number of aryl methyl sites for hydroxylation is 2. The highest BCUT2D eigenvalue weighted by Gasteiger charge is 2.06. The second-order valence-electron chi connectivity index (χ2n) is 3.91. The summed E-state index contributed by atoms with van der Waals surface area (Å²) >= 11 is 0. The van der Waals surface area contributed by atoms with Crippen molar-refractivity contribution in [1.29, 1.82) is 0 Å². The molecule has 2 rings (SSSR count). The second-order valence-corrected chi connectivity index (χ2v) is 3.91. The zero-order valence-corrected chi connectivity index (χ0v) is 9.87. The molecule has 2 N–H and O–H groups in total. The third kappa shape index (κ3) is 2.41. The van der Waals surface area contributed by atoms with Gasteiger partial charge < -0.3 is 5.73 Å². The van der Waals surface area contributed by atoms with Crippen molar-refractivity contribution in [3.63, 3.8) is 0 Å². The van der Waals surface area contributed by atoms with Crippen LogP contribution in [0.1, 0.15) is 18.3 Å². The van der Waals surface area contributed by atoms with Crippen LogP contribution < -0.4 is 5.73 Å². The van der Waals surface area contributed by atoms with Crippen LogP contribution >= 0.6 is 0 Å². The van der Waals surface area contributed by atoms with Crippen LogP contribution in [0.15, 0.2) is 24.3 Å². The van der Waals surface area contributed by atoms with Crippen LogP contribution in [0.4, 0.5) is 10.2 Å². The number of aromatic nitrogens is 2. The summed E-state index contributed by atoms with van der Waals surface area (Å²) in [5, 5.41) is 0. The molecule has 88 valence electrons. The van der Waals surface area contributed by atoms with Gasteiger partial charge in [0.05, 0.1) is 5.69 Å². The normalized spacial score (nSPS) is 10.5. The van der Waals surface area contributed by atoms with Gasteiger partial charge in [-0.15, -0.1) is 0 Å². The Labute approximate surface area is 99.5 Å². The Balaban J connectivity index is 2.52. The van der Waals surface area contributed by atoms with Gasteiger partial charge in [-0.05, 0) is 18.6 Å². The van der Waals surface area contributed by atoms with Crippen molar-refractivity contribution >= 4 is 5.82 Å². The van der Waals surface area contributed by atoms with Crippen LogP contribution in [0.3, 0.4) is 0 Å². The van der Waals surface area contributed by atoms with Crippen molar-refractivity contribution in [2.45, 2.75) is 20.3 Å². The van der Waals surface area contributed by atoms with Crippen LogP contribution in [-0.4, -0.2) is 9.97 Å². The van der Waals surface area contributed by atoms with E-state index in [1.165, 1.54) is 6.07 Å². The van der Waals surface area contributed by atoms with Crippen molar-refractivity contribution < 1.29 is 4.39 Å². The third-order valence-corrected chi connectivity index (χ3v) is 2.58. The summed E-state index contributed by atoms with van der Waals surface area (Å²) in [4.78, 5) is 8.43. The SMILES string of the molecule is CCc1nc(N)cc(-c2ccc(C)c(F)c2)n1. The molecule has 0 amide bonds. The van der Waals surface area contributed by atoms with E-state index in [1.54, 1.807) is 19.1 Å². The lowest BCUT2D eigenvalue weighted by Gasteiger charge is -2.05. The first-order valence-electron chi connectivity index (χ1n) is 5.50. The molecule has 0 saturated carbocycles. The minimum absolute atomic E-state index is 0.238. The average molecular weight is 231 g/mol. The molecule has 0 bridgehead atoms. The van der Waals surface area contributed by atoms with Crippen LogP contribution in [0.25, 0.3) is 11.3 Å². The lowest BCUT2D eigenvalue weighted by molar-refractivity contribution is 0.619. The summed E-state index contributed by atoms with van der Waals surface area (Å²) in [7, 11) is 0. The van der Waals surface area contributed by atoms with Gasteiger partial charge in [-0.3, -0.25) is 0 Å². The van der Waals surface area contributed by atoms with E-state index in [9.17, 15) is 4.39 Å². The molecule has 0 radical (unpaired) electrons. The minimum Gasteiger partial charge on any atom is -0.384 e. The summed E-state index contributed by atoms with van der Waals surface area (Å²) in [5.74, 6) is 0.839. The van der Waals surface area contributed by atoms with E-state index in [-0.39, 0.29) is 5.82 Å². The fraction of sp³-hybridized carbons (Fsp3) is 0.231. The maximum absolute atomic E-state index is 13.5. The molecule has 17 heavy (non-hydrogen) atoms. The highest BCUT2D eigenvalue weighted by molar-refractivity contribution is 5.62. The fourth-order valence-corrected chi connectivity index (χ4v) is 1.58. The topological polar surface area (TPSA) is 51.8 Å². The first kappa shape index (κ1) is 11.5. The van der Waals surface area contributed by atoms with Crippen LogP contribution in [-0.2, 0) is 6.42 Å². The van der Waals surface area contributed by atoms with Gasteiger partial charge >= 0.3 is 0 Å². The van der Waals surface area contributed by atoms with Gasteiger partial charge in [-0.25, -0.2) is 14.4 Å². The molecule has 4 heteroatoms. The van der Waals surface area contributed by atoms with Crippen molar-refractivity contribution in [3.05, 3.63) is 41.5 Å². The molecular formula is C13H14FN3. The molecule has 2 aromatic rings. The van der Waals surface area contributed by atoms with Crippen molar-refractivity contribution in [2.75, 3.05) is 5.73 Å². The molecule has 1 aromatic carbocycles. The smallest absolute Gasteiger partial charge is 0.131 e. The number of nitrogens with two attached hydrogens (primary N) is 1. The summed E-state index contributed by atoms with van der Waals surface area (Å²) in [5.41, 5.74) is 7.69. The van der Waals surface area contributed by atoms with Gasteiger partial charge in [-0.2, -0.15) is 0 Å². The summed E-state index contributed by atoms with van der Waals surface area (Å²) in [6.45, 7) is 3.68. The van der Waals surface area contributed by atoms with Crippen LogP contribution in [0.5, 0.6) is 0 Å². The lowest BCUT2D eigenvalue weighted by Crippen LogP contribution is -2.00. The number of nitrogen functional groups attached to an aromatic ring is 1. The predicted molar refractivity (Wildman–Crippen MR) is 66.0 cm³/mol. The standard InChI is InChI=1S/C13H14FN3/c1-3-13-16-11(7-12(15)17-13)9-5-4-8(2)10(14)6-9/h4-7H,3H2,1-2H3,(H2,15,16,17). The first-order chi connectivity index (χ1) is 8.10. The summed E-state index contributed by atoms with van der Waals surface area (Å²) < 4.78 is 13.5. The number of hydrogen-bond acceptors (Lipinski definition) is 3. The maximum atomic E-state index is 13.5. The molecule has 0 aliphatic heterocycles. The number of rotatable bonds is 2. The molecule has 0 aliphatic rings. The summed E-state index contributed by atoms with van der Waals surface area (Å²) in [6, 6.07) is 6.69. The van der Waals surface area contributed by atoms with Crippen LogP contribution in [0.2, 0.25) is 0 Å². The quantitative estimate of drug-likeness (QED) is 0.864. The predicted octanol–water partition coefficient (Wildman–Crippen LogP) is 2.74. The van der Waals surface area contributed by atoms with Crippen molar-refractivity contribution in [2.24, 2.45) is 0 Å². The second kappa shape index (κ2) is 4.49. The van der Waals surface area contributed by atoms with Gasteiger partial charge in [0, 0.05) is 18.1 Å². The van der Waals surface area contributed by atoms with Gasteiger partial charge in [0.25, 0.3) is 0 Å². The number of nitrogens with zero attached hydrogens (tertiary/aromatic N) is 2. The zero-order valence-electron chi connectivity index (χ0n) is 9.87. The monoisotopic (exact) mass is 231 g/mol. The third-order valence-electron chi connectivity index (χ3n) is 2.58. The Hall–Kier alpha value is -1.97. The molecule has 1 heterocycles. The van der Waals surface area contributed by atoms with Crippen molar-refractivity contribution in [3.8, 4) is 11.3 Å². The largest absolute Gasteiger partial charge is 0.384 e. The van der Waals surface area contributed by atoms with E-state index in [2.05, 4.69) is 9.97 Å². The van der Waals surface area contributed by atoms with E-state index < -0.39 is 0 Å². The number of anilines is 1. The molecule has 0 fully saturated rings. The van der Waals surface area contributed by atoms with E-state index >= 15 is 0 Å². The molecule has 0 saturated heterocycles. The molecule has 0 aliphatic carbocycles. The Morgan fingerprint density at radius 2 is 2.00 bits per heavy atom. The minimum atomic E-state index is -0.238. The van der Waals surface area contributed by atoms with Gasteiger partial charge in [0.15, 0.2) is 0 Å². The fourth-order valence-electron chi connectivity index (χ4n) is 1.58. The summed E-state index contributed by atoms with van der Waals surface area (Å²) in [6.07, 6.45) is 0.701. The molecule has 0 spiro atoms. The van der Waals surface area contributed by atoms with Crippen LogP contribution in [0, 0.1) is 12.7 Å². The number of benzene rings is 1. The Bertz CT molecular complexity index is 552. The highest BCUT2D eigenvalue weighted by atomic mass is 19.1. The van der Waals surface area contributed by atoms with Gasteiger partial charge in [-0.1, -0.05) is 19.1 Å². The lowest BCUT2D eigenvalue weighted by atomic mass is 10.1. The first-order valence-corrected chi connectivity index (χ1v) is 5.50. The Morgan fingerprint density at radius 1 is 1.24 bits per heavy atom. The molecule has 0 atom stereocenters. The van der Waals surface area contributed by atoms with E-state index in [0.29, 0.717) is 29.3 Å². The van der Waals surface area contributed by atoms with E-state index in [1.807, 2.05) is 13.0 Å². The maximum Gasteiger partial charge on any atom is 0.131 e. The molecule has 3 nitrogen and oxygen atoms in total.